The van der Waals surface area contributed by atoms with Crippen LogP contribution in [-0.2, 0) is 20.4 Å². The largest absolute Gasteiger partial charge is 0.481 e. The third-order valence-electron chi connectivity index (χ3n) is 14.7. The standard InChI is InChI=1S/C40H52O6/c1-22-10-13-30-36(3,4)16-9-18-39(30,34(43)44)25(22)20-26-23(2)27(41)14-19-40(26)33-29(46-35(40)45)12-11-24-32(33)28(42)21-31-37(5,6)15-8-17-38(24,31)7/h11-12,25-27,30-31,41H,1-2,8-10,13-21H2,3-7H3,(H,43,44)/t25-,26-,27?,30+,31-,38+,39-,40-/m0/s1. The highest BCUT2D eigenvalue weighted by Gasteiger charge is 2.65. The highest BCUT2D eigenvalue weighted by molar-refractivity contribution is 6.06. The van der Waals surface area contributed by atoms with Gasteiger partial charge in [0.25, 0.3) is 0 Å². The fraction of sp³-hybridized carbons (Fsp3) is 0.675. The van der Waals surface area contributed by atoms with Crippen molar-refractivity contribution in [3.05, 3.63) is 53.1 Å². The van der Waals surface area contributed by atoms with E-state index in [4.69, 9.17) is 4.74 Å². The zero-order valence-electron chi connectivity index (χ0n) is 28.5. The number of ether oxygens (including phenoxy) is 1. The third kappa shape index (κ3) is 4.00. The number of carboxylic acids is 1. The van der Waals surface area contributed by atoms with Gasteiger partial charge in [-0.05, 0) is 109 Å². The van der Waals surface area contributed by atoms with Crippen LogP contribution in [0.3, 0.4) is 0 Å². The molecule has 1 aromatic rings. The molecule has 248 valence electrons. The lowest BCUT2D eigenvalue weighted by Gasteiger charge is -2.58. The summed E-state index contributed by atoms with van der Waals surface area (Å²) in [6.07, 6.45) is 7.66. The predicted octanol–water partition coefficient (Wildman–Crippen LogP) is 8.09. The van der Waals surface area contributed by atoms with Crippen molar-refractivity contribution < 1.29 is 29.3 Å². The summed E-state index contributed by atoms with van der Waals surface area (Å²) in [7, 11) is 0. The number of aliphatic carboxylic acids is 1. The minimum Gasteiger partial charge on any atom is -0.481 e. The lowest BCUT2D eigenvalue weighted by Crippen LogP contribution is -2.57. The van der Waals surface area contributed by atoms with Crippen molar-refractivity contribution in [2.45, 2.75) is 129 Å². The molecule has 0 bridgehead atoms. The van der Waals surface area contributed by atoms with Gasteiger partial charge < -0.3 is 14.9 Å². The van der Waals surface area contributed by atoms with Gasteiger partial charge in [-0.1, -0.05) is 72.3 Å². The number of hydrogen-bond acceptors (Lipinski definition) is 5. The zero-order chi connectivity index (χ0) is 33.2. The number of esters is 1. The van der Waals surface area contributed by atoms with Crippen LogP contribution in [0.5, 0.6) is 5.75 Å². The molecular formula is C40H52O6. The monoisotopic (exact) mass is 628 g/mol. The molecule has 1 aliphatic heterocycles. The van der Waals surface area contributed by atoms with Crippen LogP contribution in [0, 0.1) is 39.9 Å². The van der Waals surface area contributed by atoms with E-state index in [0.717, 1.165) is 56.1 Å². The number of allylic oxidation sites excluding steroid dienone is 1. The van der Waals surface area contributed by atoms with Crippen LogP contribution in [0.25, 0.3) is 0 Å². The molecule has 4 fully saturated rings. The van der Waals surface area contributed by atoms with Gasteiger partial charge in [0, 0.05) is 23.5 Å². The molecule has 0 radical (unpaired) electrons. The fourth-order valence-corrected chi connectivity index (χ4v) is 12.4. The Labute approximate surface area is 274 Å². The second kappa shape index (κ2) is 10.1. The van der Waals surface area contributed by atoms with E-state index in [-0.39, 0.29) is 39.8 Å². The molecule has 8 atom stereocenters. The smallest absolute Gasteiger partial charge is 0.322 e. The van der Waals surface area contributed by atoms with Crippen molar-refractivity contribution in [1.82, 2.24) is 0 Å². The molecule has 0 aromatic heterocycles. The highest BCUT2D eigenvalue weighted by atomic mass is 16.5. The second-order valence-electron chi connectivity index (χ2n) is 17.6. The number of carboxylic acid groups (broad SMARTS) is 1. The Morgan fingerprint density at radius 3 is 2.28 bits per heavy atom. The molecule has 6 aliphatic rings. The van der Waals surface area contributed by atoms with Crippen LogP contribution >= 0.6 is 0 Å². The number of aliphatic hydroxyl groups excluding tert-OH is 1. The van der Waals surface area contributed by atoms with Crippen LogP contribution < -0.4 is 4.74 Å². The summed E-state index contributed by atoms with van der Waals surface area (Å²) in [5, 5.41) is 22.4. The lowest BCUT2D eigenvalue weighted by atomic mass is 9.44. The number of carbonyl (C=O) groups excluding carboxylic acids is 2. The van der Waals surface area contributed by atoms with Gasteiger partial charge in [0.05, 0.1) is 11.5 Å². The van der Waals surface area contributed by atoms with E-state index < -0.39 is 34.8 Å². The van der Waals surface area contributed by atoms with Crippen LogP contribution in [-0.4, -0.2) is 34.0 Å². The topological polar surface area (TPSA) is 101 Å². The van der Waals surface area contributed by atoms with Crippen molar-refractivity contribution in [2.75, 3.05) is 0 Å². The van der Waals surface area contributed by atoms with Crippen LogP contribution in [0.4, 0.5) is 0 Å². The Morgan fingerprint density at radius 1 is 0.913 bits per heavy atom. The Balaban J connectivity index is 1.41. The number of fused-ring (bicyclic) bond motifs is 7. The summed E-state index contributed by atoms with van der Waals surface area (Å²) in [6.45, 7) is 20.2. The first-order chi connectivity index (χ1) is 21.5. The van der Waals surface area contributed by atoms with Crippen molar-refractivity contribution >= 4 is 17.7 Å². The van der Waals surface area contributed by atoms with Crippen LogP contribution in [0.1, 0.15) is 133 Å². The Kier molecular flexibility index (Phi) is 7.02. The van der Waals surface area contributed by atoms with E-state index in [9.17, 15) is 24.6 Å². The SMILES string of the molecule is C=C1CC[C@@H]2C(C)(C)CCC[C@]2(C(=O)O)[C@H]1C[C@H]1C(=C)C(O)CC[C@]12C(=O)Oc1ccc3c(c12)C(=O)C[C@H]1C(C)(C)CCC[C@]31C. The van der Waals surface area contributed by atoms with Crippen molar-refractivity contribution in [2.24, 2.45) is 39.9 Å². The lowest BCUT2D eigenvalue weighted by molar-refractivity contribution is -0.171. The molecule has 4 saturated carbocycles. The summed E-state index contributed by atoms with van der Waals surface area (Å²) in [4.78, 5) is 42.4. The summed E-state index contributed by atoms with van der Waals surface area (Å²) in [5.41, 5.74) is 1.25. The van der Waals surface area contributed by atoms with Gasteiger partial charge in [0.1, 0.15) is 11.2 Å². The molecule has 7 rings (SSSR count). The van der Waals surface area contributed by atoms with E-state index in [1.807, 2.05) is 12.1 Å². The molecule has 6 heteroatoms. The van der Waals surface area contributed by atoms with Gasteiger partial charge in [0.15, 0.2) is 5.78 Å². The van der Waals surface area contributed by atoms with Gasteiger partial charge in [-0.2, -0.15) is 0 Å². The van der Waals surface area contributed by atoms with Gasteiger partial charge in [-0.25, -0.2) is 0 Å². The highest BCUT2D eigenvalue weighted by Crippen LogP contribution is 2.66. The van der Waals surface area contributed by atoms with Gasteiger partial charge in [-0.3, -0.25) is 14.4 Å². The minimum atomic E-state index is -1.21. The van der Waals surface area contributed by atoms with E-state index in [1.165, 1.54) is 0 Å². The van der Waals surface area contributed by atoms with Gasteiger partial charge >= 0.3 is 11.9 Å². The van der Waals surface area contributed by atoms with E-state index in [0.29, 0.717) is 54.6 Å². The molecule has 6 nitrogen and oxygen atoms in total. The minimum absolute atomic E-state index is 0.0198. The number of aliphatic hydroxyl groups is 1. The molecule has 2 N–H and O–H groups in total. The Morgan fingerprint density at radius 2 is 1.59 bits per heavy atom. The average Bonchev–Trinajstić information content (AvgIpc) is 3.26. The number of Topliss-reactive ketones (excluding diaryl/α,β-unsaturated/α-hetero) is 1. The Bertz CT molecular complexity index is 1560. The van der Waals surface area contributed by atoms with E-state index in [1.54, 1.807) is 0 Å². The van der Waals surface area contributed by atoms with E-state index >= 15 is 0 Å². The molecular weight excluding hydrogens is 576 g/mol. The first kappa shape index (κ1) is 31.8. The average molecular weight is 629 g/mol. The third-order valence-corrected chi connectivity index (χ3v) is 14.7. The normalized spacial score (nSPS) is 40.9. The first-order valence-electron chi connectivity index (χ1n) is 17.7. The quantitative estimate of drug-likeness (QED) is 0.199. The fourth-order valence-electron chi connectivity index (χ4n) is 12.4. The van der Waals surface area contributed by atoms with Gasteiger partial charge in [-0.15, -0.1) is 0 Å². The summed E-state index contributed by atoms with van der Waals surface area (Å²) in [6, 6.07) is 3.93. The van der Waals surface area contributed by atoms with Crippen LogP contribution in [0.2, 0.25) is 0 Å². The molecule has 0 saturated heterocycles. The maximum Gasteiger partial charge on any atom is 0.322 e. The summed E-state index contributed by atoms with van der Waals surface area (Å²) < 4.78 is 6.11. The number of ketones is 1. The molecule has 46 heavy (non-hydrogen) atoms. The van der Waals surface area contributed by atoms with Crippen molar-refractivity contribution in [1.29, 1.82) is 0 Å². The molecule has 1 spiro atoms. The molecule has 1 unspecified atom stereocenters. The maximum atomic E-state index is 14.5. The van der Waals surface area contributed by atoms with Crippen LogP contribution in [0.15, 0.2) is 36.4 Å². The number of hydrogen-bond donors (Lipinski definition) is 2. The predicted molar refractivity (Wildman–Crippen MR) is 177 cm³/mol. The Hall–Kier alpha value is -2.73. The van der Waals surface area contributed by atoms with Crippen molar-refractivity contribution in [3.63, 3.8) is 0 Å². The maximum absolute atomic E-state index is 14.5. The number of benzene rings is 1. The summed E-state index contributed by atoms with van der Waals surface area (Å²) >= 11 is 0. The molecule has 5 aliphatic carbocycles. The molecule has 1 aromatic carbocycles. The number of rotatable bonds is 3. The van der Waals surface area contributed by atoms with Crippen molar-refractivity contribution in [3.8, 4) is 5.75 Å². The molecule has 0 amide bonds. The van der Waals surface area contributed by atoms with E-state index in [2.05, 4.69) is 47.8 Å². The molecule has 1 heterocycles. The second-order valence-corrected chi connectivity index (χ2v) is 17.6. The van der Waals surface area contributed by atoms with Gasteiger partial charge in [0.2, 0.25) is 0 Å². The number of carbonyl (C=O) groups is 3. The summed E-state index contributed by atoms with van der Waals surface area (Å²) in [5.74, 6) is -1.47. The first-order valence-corrected chi connectivity index (χ1v) is 17.7. The zero-order valence-corrected chi connectivity index (χ0v) is 28.5.